The van der Waals surface area contributed by atoms with Crippen LogP contribution in [0.2, 0.25) is 0 Å². The lowest BCUT2D eigenvalue weighted by Crippen LogP contribution is -2.18. The van der Waals surface area contributed by atoms with Crippen LogP contribution in [0.25, 0.3) is 77.5 Å². The average molecular weight is 860 g/mol. The molecule has 1 nitrogen and oxygen atoms in total. The van der Waals surface area contributed by atoms with Crippen molar-refractivity contribution in [3.8, 4) is 66.8 Å². The van der Waals surface area contributed by atoms with Crippen molar-refractivity contribution in [3.63, 3.8) is 0 Å². The van der Waals surface area contributed by atoms with Crippen LogP contribution < -0.4 is 4.90 Å². The van der Waals surface area contributed by atoms with E-state index in [1.165, 1.54) is 111 Å². The summed E-state index contributed by atoms with van der Waals surface area (Å²) >= 11 is 0. The number of fused-ring (bicyclic) bond motifs is 7. The lowest BCUT2D eigenvalue weighted by Gasteiger charge is -2.30. The third-order valence-electron chi connectivity index (χ3n) is 15.0. The van der Waals surface area contributed by atoms with Crippen molar-refractivity contribution in [3.05, 3.63) is 246 Å². The molecule has 67 heavy (non-hydrogen) atoms. The predicted octanol–water partition coefficient (Wildman–Crippen LogP) is 18.2. The highest BCUT2D eigenvalue weighted by Crippen LogP contribution is 2.54. The molecule has 10 aromatic carbocycles. The summed E-state index contributed by atoms with van der Waals surface area (Å²) in [7, 11) is 0. The molecular formula is C66H53N. The van der Waals surface area contributed by atoms with E-state index in [-0.39, 0.29) is 10.8 Å². The number of aryl methyl sites for hydroxylation is 2. The lowest BCUT2D eigenvalue weighted by molar-refractivity contribution is 0.659. The Morgan fingerprint density at radius 1 is 0.284 bits per heavy atom. The fraction of sp³-hybridized carbons (Fsp3) is 0.121. The maximum Gasteiger partial charge on any atom is 0.0468 e. The first kappa shape index (κ1) is 40.7. The zero-order chi connectivity index (χ0) is 45.6. The van der Waals surface area contributed by atoms with Crippen molar-refractivity contribution in [2.75, 3.05) is 4.90 Å². The molecule has 0 saturated heterocycles. The molecule has 0 aliphatic heterocycles. The minimum absolute atomic E-state index is 0.147. The summed E-state index contributed by atoms with van der Waals surface area (Å²) in [6.07, 6.45) is 0. The summed E-state index contributed by atoms with van der Waals surface area (Å²) in [6, 6.07) is 79.6. The second-order valence-electron chi connectivity index (χ2n) is 19.9. The standard InChI is InChI=1S/C66H53N/c1-42-19-32-56-58-35-30-51(40-63(58)65(3,4)61(56)37-42)67(52-31-36-59-57-33-20-43(2)38-62(57)66(5,6)64(59)41-52)50-29-34-55(60(39-50)49-23-21-45(22-24-49)44-13-8-7-9-14-44)48-27-25-47(26-28-48)54-18-12-16-46-15-10-11-17-53(46)54/h7-41H,1-6H3. The third kappa shape index (κ3) is 6.67. The Labute approximate surface area is 395 Å². The molecule has 2 aliphatic rings. The average Bonchev–Trinajstić information content (AvgIpc) is 3.72. The van der Waals surface area contributed by atoms with Crippen LogP contribution in [0.5, 0.6) is 0 Å². The molecule has 1 heteroatoms. The molecule has 0 spiro atoms. The summed E-state index contributed by atoms with van der Waals surface area (Å²) in [5.74, 6) is 0. The highest BCUT2D eigenvalue weighted by molar-refractivity contribution is 5.98. The van der Waals surface area contributed by atoms with Gasteiger partial charge in [-0.3, -0.25) is 0 Å². The van der Waals surface area contributed by atoms with Crippen LogP contribution in [0.15, 0.2) is 212 Å². The smallest absolute Gasteiger partial charge is 0.0468 e. The fourth-order valence-corrected chi connectivity index (χ4v) is 11.3. The van der Waals surface area contributed by atoms with Gasteiger partial charge in [0.15, 0.2) is 0 Å². The molecule has 10 aromatic rings. The predicted molar refractivity (Wildman–Crippen MR) is 285 cm³/mol. The van der Waals surface area contributed by atoms with E-state index >= 15 is 0 Å². The Morgan fingerprint density at radius 2 is 0.687 bits per heavy atom. The van der Waals surface area contributed by atoms with E-state index in [9.17, 15) is 0 Å². The Kier molecular flexibility index (Phi) is 9.38. The molecule has 322 valence electrons. The normalized spacial score (nSPS) is 13.8. The first-order valence-corrected chi connectivity index (χ1v) is 23.7. The Morgan fingerprint density at radius 3 is 1.25 bits per heavy atom. The number of hydrogen-bond donors (Lipinski definition) is 0. The summed E-state index contributed by atoms with van der Waals surface area (Å²) in [5, 5.41) is 2.52. The molecular weight excluding hydrogens is 807 g/mol. The van der Waals surface area contributed by atoms with E-state index in [2.05, 4.69) is 259 Å². The first-order chi connectivity index (χ1) is 32.5. The van der Waals surface area contributed by atoms with Gasteiger partial charge in [0.25, 0.3) is 0 Å². The van der Waals surface area contributed by atoms with Crippen molar-refractivity contribution in [1.82, 2.24) is 0 Å². The van der Waals surface area contributed by atoms with Gasteiger partial charge in [0.2, 0.25) is 0 Å². The minimum Gasteiger partial charge on any atom is -0.310 e. The van der Waals surface area contributed by atoms with Gasteiger partial charge in [-0.05, 0) is 150 Å². The molecule has 0 unspecified atom stereocenters. The van der Waals surface area contributed by atoms with Crippen LogP contribution in [0, 0.1) is 13.8 Å². The molecule has 0 aromatic heterocycles. The molecule has 2 aliphatic carbocycles. The van der Waals surface area contributed by atoms with Crippen molar-refractivity contribution in [2.45, 2.75) is 52.4 Å². The van der Waals surface area contributed by atoms with Gasteiger partial charge in [0, 0.05) is 27.9 Å². The van der Waals surface area contributed by atoms with Gasteiger partial charge < -0.3 is 4.90 Å². The van der Waals surface area contributed by atoms with E-state index in [0.717, 1.165) is 17.1 Å². The molecule has 0 saturated carbocycles. The number of hydrogen-bond acceptors (Lipinski definition) is 1. The molecule has 0 N–H and O–H groups in total. The highest BCUT2D eigenvalue weighted by Gasteiger charge is 2.38. The van der Waals surface area contributed by atoms with Crippen LogP contribution in [0.4, 0.5) is 17.1 Å². The van der Waals surface area contributed by atoms with Crippen molar-refractivity contribution in [1.29, 1.82) is 0 Å². The number of rotatable bonds is 7. The van der Waals surface area contributed by atoms with E-state index in [0.29, 0.717) is 0 Å². The number of anilines is 3. The molecule has 12 rings (SSSR count). The van der Waals surface area contributed by atoms with Crippen LogP contribution in [-0.2, 0) is 10.8 Å². The van der Waals surface area contributed by atoms with E-state index < -0.39 is 0 Å². The summed E-state index contributed by atoms with van der Waals surface area (Å²) in [5.41, 5.74) is 26.2. The van der Waals surface area contributed by atoms with Crippen LogP contribution in [-0.4, -0.2) is 0 Å². The monoisotopic (exact) mass is 859 g/mol. The Hall–Kier alpha value is -7.74. The van der Waals surface area contributed by atoms with Crippen molar-refractivity contribution in [2.24, 2.45) is 0 Å². The minimum atomic E-state index is -0.147. The van der Waals surface area contributed by atoms with E-state index in [4.69, 9.17) is 0 Å². The van der Waals surface area contributed by atoms with Gasteiger partial charge >= 0.3 is 0 Å². The lowest BCUT2D eigenvalue weighted by atomic mass is 9.81. The Balaban J connectivity index is 1.04. The van der Waals surface area contributed by atoms with Gasteiger partial charge in [-0.25, -0.2) is 0 Å². The second-order valence-corrected chi connectivity index (χ2v) is 19.9. The maximum absolute atomic E-state index is 2.50. The molecule has 0 atom stereocenters. The fourth-order valence-electron chi connectivity index (χ4n) is 11.3. The first-order valence-electron chi connectivity index (χ1n) is 23.7. The van der Waals surface area contributed by atoms with Crippen LogP contribution in [0.1, 0.15) is 61.1 Å². The number of benzene rings is 10. The SMILES string of the molecule is Cc1ccc2c(c1)C(C)(C)c1cc(N(c3ccc(-c4ccc(-c5cccc6ccccc56)cc4)c(-c4ccc(-c5ccccc5)cc4)c3)c3ccc4c(c3)C(C)(C)c3cc(C)ccc3-4)ccc1-2. The molecule has 0 amide bonds. The molecule has 0 bridgehead atoms. The molecule has 0 fully saturated rings. The molecule has 0 radical (unpaired) electrons. The van der Waals surface area contributed by atoms with Gasteiger partial charge in [0.05, 0.1) is 0 Å². The third-order valence-corrected chi connectivity index (χ3v) is 15.0. The van der Waals surface area contributed by atoms with E-state index in [1.54, 1.807) is 0 Å². The summed E-state index contributed by atoms with van der Waals surface area (Å²) in [6.45, 7) is 14.0. The quantitative estimate of drug-likeness (QED) is 0.154. The highest BCUT2D eigenvalue weighted by atomic mass is 15.1. The zero-order valence-corrected chi connectivity index (χ0v) is 39.2. The van der Waals surface area contributed by atoms with Gasteiger partial charge in [0.1, 0.15) is 0 Å². The van der Waals surface area contributed by atoms with Crippen LogP contribution in [0.3, 0.4) is 0 Å². The largest absolute Gasteiger partial charge is 0.310 e. The Bertz CT molecular complexity index is 3450. The van der Waals surface area contributed by atoms with Gasteiger partial charge in [-0.2, -0.15) is 0 Å². The van der Waals surface area contributed by atoms with Gasteiger partial charge in [-0.15, -0.1) is 0 Å². The zero-order valence-electron chi connectivity index (χ0n) is 39.2. The molecule has 0 heterocycles. The van der Waals surface area contributed by atoms with E-state index in [1.807, 2.05) is 0 Å². The van der Waals surface area contributed by atoms with Crippen LogP contribution >= 0.6 is 0 Å². The second kappa shape index (κ2) is 15.4. The maximum atomic E-state index is 2.50. The van der Waals surface area contributed by atoms with Gasteiger partial charge in [-0.1, -0.05) is 215 Å². The van der Waals surface area contributed by atoms with Crippen molar-refractivity contribution < 1.29 is 0 Å². The topological polar surface area (TPSA) is 3.24 Å². The number of nitrogens with zero attached hydrogens (tertiary/aromatic N) is 1. The summed E-state index contributed by atoms with van der Waals surface area (Å²) < 4.78 is 0. The van der Waals surface area contributed by atoms with Crippen molar-refractivity contribution >= 4 is 27.8 Å². The summed E-state index contributed by atoms with van der Waals surface area (Å²) in [4.78, 5) is 2.50.